The van der Waals surface area contributed by atoms with Crippen LogP contribution >= 0.6 is 15.9 Å². The summed E-state index contributed by atoms with van der Waals surface area (Å²) in [5.41, 5.74) is 3.85. The average molecular weight is 476 g/mol. The molecule has 0 saturated carbocycles. The minimum Gasteiger partial charge on any atom is -0.490 e. The number of rotatable bonds is 10. The Balaban J connectivity index is 1.89. The number of para-hydroxylation sites is 1. The lowest BCUT2D eigenvalue weighted by atomic mass is 10.2. The van der Waals surface area contributed by atoms with Gasteiger partial charge in [0, 0.05) is 18.5 Å². The maximum absolute atomic E-state index is 11.9. The van der Waals surface area contributed by atoms with E-state index in [1.807, 2.05) is 45.0 Å². The molecule has 2 amide bonds. The summed E-state index contributed by atoms with van der Waals surface area (Å²) in [4.78, 5) is 23.8. The van der Waals surface area contributed by atoms with Gasteiger partial charge in [0.05, 0.1) is 23.4 Å². The molecule has 0 heterocycles. The molecule has 0 atom stereocenters. The molecule has 0 fully saturated rings. The van der Waals surface area contributed by atoms with Crippen LogP contribution in [-0.4, -0.2) is 30.7 Å². The molecule has 0 aromatic heterocycles. The number of anilines is 1. The van der Waals surface area contributed by atoms with E-state index in [0.717, 1.165) is 10.0 Å². The van der Waals surface area contributed by atoms with Gasteiger partial charge in [-0.25, -0.2) is 5.43 Å². The molecule has 0 bridgehead atoms. The van der Waals surface area contributed by atoms with Crippen LogP contribution in [0.5, 0.6) is 11.5 Å². The summed E-state index contributed by atoms with van der Waals surface area (Å²) in [6, 6.07) is 12.7. The van der Waals surface area contributed by atoms with Crippen LogP contribution < -0.4 is 20.2 Å². The molecule has 2 rings (SSSR count). The highest BCUT2D eigenvalue weighted by Crippen LogP contribution is 2.37. The van der Waals surface area contributed by atoms with Crippen molar-refractivity contribution in [3.8, 4) is 11.5 Å². The van der Waals surface area contributed by atoms with Gasteiger partial charge in [-0.2, -0.15) is 5.10 Å². The number of carbonyl (C=O) groups excluding carboxylic acids is 2. The zero-order valence-electron chi connectivity index (χ0n) is 17.3. The Hall–Kier alpha value is -2.87. The molecule has 0 aliphatic heterocycles. The Kier molecular flexibility index (Phi) is 9.34. The second kappa shape index (κ2) is 12.0. The van der Waals surface area contributed by atoms with Gasteiger partial charge in [0.1, 0.15) is 0 Å². The lowest BCUT2D eigenvalue weighted by molar-refractivity contribution is -0.124. The molecule has 0 unspecified atom stereocenters. The van der Waals surface area contributed by atoms with Crippen LogP contribution in [0.2, 0.25) is 0 Å². The van der Waals surface area contributed by atoms with Gasteiger partial charge in [0.25, 0.3) is 0 Å². The van der Waals surface area contributed by atoms with Crippen LogP contribution in [0.1, 0.15) is 39.2 Å². The average Bonchev–Trinajstić information content (AvgIpc) is 2.70. The summed E-state index contributed by atoms with van der Waals surface area (Å²) in [7, 11) is 0. The third kappa shape index (κ3) is 7.87. The molecule has 7 nitrogen and oxygen atoms in total. The standard InChI is InChI=1S/C22H26BrN3O4/c1-4-29-19-13-16(12-18(23)22(19)30-15(2)3)14-24-26-21(28)11-10-20(27)25-17-8-6-5-7-9-17/h5-9,12-15H,4,10-11H2,1-3H3,(H,25,27)(H,26,28). The first kappa shape index (κ1) is 23.4. The van der Waals surface area contributed by atoms with Crippen LogP contribution in [0.25, 0.3) is 0 Å². The Morgan fingerprint density at radius 1 is 1.13 bits per heavy atom. The third-order valence-corrected chi connectivity index (χ3v) is 4.31. The van der Waals surface area contributed by atoms with Gasteiger partial charge in [0.2, 0.25) is 11.8 Å². The van der Waals surface area contributed by atoms with Crippen molar-refractivity contribution < 1.29 is 19.1 Å². The largest absolute Gasteiger partial charge is 0.490 e. The number of carbonyl (C=O) groups is 2. The Morgan fingerprint density at radius 3 is 2.50 bits per heavy atom. The third-order valence-electron chi connectivity index (χ3n) is 3.72. The first-order valence-corrected chi connectivity index (χ1v) is 10.5. The van der Waals surface area contributed by atoms with Gasteiger partial charge >= 0.3 is 0 Å². The Bertz CT molecular complexity index is 885. The minimum atomic E-state index is -0.349. The van der Waals surface area contributed by atoms with E-state index in [1.54, 1.807) is 18.2 Å². The van der Waals surface area contributed by atoms with Gasteiger partial charge < -0.3 is 14.8 Å². The van der Waals surface area contributed by atoms with E-state index in [2.05, 4.69) is 31.8 Å². The maximum Gasteiger partial charge on any atom is 0.240 e. The summed E-state index contributed by atoms with van der Waals surface area (Å²) in [5, 5.41) is 6.70. The number of nitrogens with zero attached hydrogens (tertiary/aromatic N) is 1. The monoisotopic (exact) mass is 475 g/mol. The summed E-state index contributed by atoms with van der Waals surface area (Å²) in [5.74, 6) is 0.632. The fraction of sp³-hybridized carbons (Fsp3) is 0.318. The second-order valence-electron chi connectivity index (χ2n) is 6.64. The highest BCUT2D eigenvalue weighted by molar-refractivity contribution is 9.10. The fourth-order valence-corrected chi connectivity index (χ4v) is 3.04. The molecule has 0 aliphatic carbocycles. The quantitative estimate of drug-likeness (QED) is 0.390. The van der Waals surface area contributed by atoms with Crippen molar-refractivity contribution >= 4 is 39.6 Å². The highest BCUT2D eigenvalue weighted by Gasteiger charge is 2.13. The number of hydrazone groups is 1. The number of amides is 2. The number of benzene rings is 2. The number of nitrogens with one attached hydrogen (secondary N) is 2. The normalized spacial score (nSPS) is 10.8. The number of ether oxygens (including phenoxy) is 2. The van der Waals surface area contributed by atoms with E-state index in [-0.39, 0.29) is 30.8 Å². The molecular formula is C22H26BrN3O4. The highest BCUT2D eigenvalue weighted by atomic mass is 79.9. The van der Waals surface area contributed by atoms with Gasteiger partial charge in [0.15, 0.2) is 11.5 Å². The first-order valence-electron chi connectivity index (χ1n) is 9.68. The molecule has 0 spiro atoms. The number of halogens is 1. The van der Waals surface area contributed by atoms with E-state index < -0.39 is 0 Å². The molecule has 2 N–H and O–H groups in total. The lowest BCUT2D eigenvalue weighted by Crippen LogP contribution is -2.20. The topological polar surface area (TPSA) is 89.0 Å². The molecule has 2 aromatic carbocycles. The maximum atomic E-state index is 11.9. The van der Waals surface area contributed by atoms with Crippen molar-refractivity contribution in [2.45, 2.75) is 39.7 Å². The van der Waals surface area contributed by atoms with Crippen molar-refractivity contribution in [1.29, 1.82) is 0 Å². The molecule has 2 aromatic rings. The fourth-order valence-electron chi connectivity index (χ4n) is 2.48. The predicted octanol–water partition coefficient (Wildman–Crippen LogP) is 4.50. The number of hydrogen-bond acceptors (Lipinski definition) is 5. The van der Waals surface area contributed by atoms with Gasteiger partial charge in [-0.05, 0) is 66.5 Å². The van der Waals surface area contributed by atoms with Crippen LogP contribution in [0.15, 0.2) is 52.0 Å². The van der Waals surface area contributed by atoms with Crippen molar-refractivity contribution in [3.63, 3.8) is 0 Å². The van der Waals surface area contributed by atoms with Gasteiger partial charge in [-0.1, -0.05) is 18.2 Å². The van der Waals surface area contributed by atoms with E-state index >= 15 is 0 Å². The smallest absolute Gasteiger partial charge is 0.240 e. The predicted molar refractivity (Wildman–Crippen MR) is 121 cm³/mol. The van der Waals surface area contributed by atoms with Crippen LogP contribution in [-0.2, 0) is 9.59 Å². The van der Waals surface area contributed by atoms with Crippen LogP contribution in [0, 0.1) is 0 Å². The number of hydrogen-bond donors (Lipinski definition) is 2. The van der Waals surface area contributed by atoms with Gasteiger partial charge in [-0.15, -0.1) is 0 Å². The lowest BCUT2D eigenvalue weighted by Gasteiger charge is -2.16. The SMILES string of the molecule is CCOc1cc(C=NNC(=O)CCC(=O)Nc2ccccc2)cc(Br)c1OC(C)C. The van der Waals surface area contributed by atoms with E-state index in [4.69, 9.17) is 9.47 Å². The van der Waals surface area contributed by atoms with Crippen molar-refractivity contribution in [2.24, 2.45) is 5.10 Å². The second-order valence-corrected chi connectivity index (χ2v) is 7.49. The zero-order chi connectivity index (χ0) is 21.9. The molecule has 0 aliphatic rings. The zero-order valence-corrected chi connectivity index (χ0v) is 18.9. The van der Waals surface area contributed by atoms with E-state index in [1.165, 1.54) is 6.21 Å². The molecule has 30 heavy (non-hydrogen) atoms. The van der Waals surface area contributed by atoms with Crippen molar-refractivity contribution in [2.75, 3.05) is 11.9 Å². The summed E-state index contributed by atoms with van der Waals surface area (Å²) >= 11 is 3.49. The van der Waals surface area contributed by atoms with E-state index in [0.29, 0.717) is 23.8 Å². The molecule has 8 heteroatoms. The summed E-state index contributed by atoms with van der Waals surface area (Å²) in [6.45, 7) is 6.26. The van der Waals surface area contributed by atoms with E-state index in [9.17, 15) is 9.59 Å². The summed E-state index contributed by atoms with van der Waals surface area (Å²) < 4.78 is 12.2. The minimum absolute atomic E-state index is 0.00148. The Labute approximate surface area is 185 Å². The van der Waals surface area contributed by atoms with Crippen molar-refractivity contribution in [1.82, 2.24) is 5.43 Å². The molecule has 0 saturated heterocycles. The summed E-state index contributed by atoms with van der Waals surface area (Å²) in [6.07, 6.45) is 1.61. The van der Waals surface area contributed by atoms with Crippen molar-refractivity contribution in [3.05, 3.63) is 52.5 Å². The van der Waals surface area contributed by atoms with Crippen LogP contribution in [0.3, 0.4) is 0 Å². The van der Waals surface area contributed by atoms with Crippen LogP contribution in [0.4, 0.5) is 5.69 Å². The molecular weight excluding hydrogens is 450 g/mol. The van der Waals surface area contributed by atoms with Gasteiger partial charge in [-0.3, -0.25) is 9.59 Å². The first-order chi connectivity index (χ1) is 14.4. The molecule has 0 radical (unpaired) electrons. The molecule has 160 valence electrons. The Morgan fingerprint density at radius 2 is 1.83 bits per heavy atom.